The highest BCUT2D eigenvalue weighted by molar-refractivity contribution is 6.34. The molecule has 2 aliphatic rings. The van der Waals surface area contributed by atoms with Crippen LogP contribution in [0, 0.1) is 11.8 Å². The van der Waals surface area contributed by atoms with Crippen LogP contribution >= 0.6 is 11.6 Å². The number of carbonyl (C=O) groups excluding carboxylic acids is 1. The van der Waals surface area contributed by atoms with Gasteiger partial charge in [0.05, 0.1) is 18.0 Å². The third-order valence-corrected chi connectivity index (χ3v) is 8.58. The molecule has 208 valence electrons. The number of aryl methyl sites for hydroxylation is 1. The lowest BCUT2D eigenvalue weighted by atomic mass is 9.86. The second-order valence-corrected chi connectivity index (χ2v) is 11.7. The van der Waals surface area contributed by atoms with E-state index >= 15 is 0 Å². The van der Waals surface area contributed by atoms with E-state index in [-0.39, 0.29) is 23.9 Å². The van der Waals surface area contributed by atoms with Crippen LogP contribution in [0.4, 0.5) is 0 Å². The normalized spacial score (nSPS) is 19.2. The van der Waals surface area contributed by atoms with Gasteiger partial charge in [-0.2, -0.15) is 5.10 Å². The highest BCUT2D eigenvalue weighted by Crippen LogP contribution is 2.37. The lowest BCUT2D eigenvalue weighted by Crippen LogP contribution is -2.29. The summed E-state index contributed by atoms with van der Waals surface area (Å²) in [5.41, 5.74) is 7.53. The summed E-state index contributed by atoms with van der Waals surface area (Å²) in [4.78, 5) is 14.8. The number of nitrogens with zero attached hydrogens (tertiary/aromatic N) is 2. The number of hydrogen-bond donors (Lipinski definition) is 1. The van der Waals surface area contributed by atoms with Crippen LogP contribution in [0.3, 0.4) is 0 Å². The molecule has 1 aromatic heterocycles. The van der Waals surface area contributed by atoms with Gasteiger partial charge in [-0.25, -0.2) is 0 Å². The summed E-state index contributed by atoms with van der Waals surface area (Å²) in [6.45, 7) is 11.9. The van der Waals surface area contributed by atoms with Crippen molar-refractivity contribution in [1.82, 2.24) is 15.1 Å². The molecule has 2 heterocycles. The molecule has 7 heteroatoms. The first-order valence-corrected chi connectivity index (χ1v) is 14.7. The quantitative estimate of drug-likeness (QED) is 0.297. The van der Waals surface area contributed by atoms with Crippen LogP contribution in [0.1, 0.15) is 76.2 Å². The van der Waals surface area contributed by atoms with Crippen molar-refractivity contribution in [2.75, 3.05) is 26.2 Å². The van der Waals surface area contributed by atoms with Crippen LogP contribution in [0.5, 0.6) is 5.75 Å². The number of carbonyl (C=O) groups is 1. The molecule has 2 atom stereocenters. The van der Waals surface area contributed by atoms with Crippen molar-refractivity contribution in [1.29, 1.82) is 0 Å². The summed E-state index contributed by atoms with van der Waals surface area (Å²) < 4.78 is 11.9. The highest BCUT2D eigenvalue weighted by atomic mass is 35.5. The number of ether oxygens (including phenoxy) is 2. The first kappa shape index (κ1) is 27.7. The number of aromatic amines is 1. The Balaban J connectivity index is 1.28. The molecule has 2 unspecified atom stereocenters. The van der Waals surface area contributed by atoms with E-state index in [1.165, 1.54) is 22.3 Å². The smallest absolute Gasteiger partial charge is 0.308 e. The molecule has 3 aromatic rings. The van der Waals surface area contributed by atoms with E-state index in [1.54, 1.807) is 0 Å². The van der Waals surface area contributed by atoms with Gasteiger partial charge in [0.25, 0.3) is 0 Å². The molecule has 0 saturated carbocycles. The summed E-state index contributed by atoms with van der Waals surface area (Å²) in [6, 6.07) is 12.7. The molecule has 39 heavy (non-hydrogen) atoms. The molecule has 0 radical (unpaired) electrons. The first-order chi connectivity index (χ1) is 18.8. The SMILES string of the molecule is CCOC(=O)C1CCCN(CC2=C(C)c3ccc(OC(c4ccc5n[nH]c(Cl)c5c4)C(C)C)cc3CC2)CC1. The number of likely N-dealkylation sites (tertiary alicyclic amines) is 1. The molecule has 0 bridgehead atoms. The topological polar surface area (TPSA) is 67.4 Å². The van der Waals surface area contributed by atoms with Crippen molar-refractivity contribution in [2.45, 2.75) is 65.9 Å². The average molecular weight is 550 g/mol. The average Bonchev–Trinajstić information content (AvgIpc) is 3.13. The number of rotatable bonds is 8. The first-order valence-electron chi connectivity index (χ1n) is 14.3. The number of fused-ring (bicyclic) bond motifs is 2. The number of aromatic nitrogens is 2. The molecule has 1 aliphatic heterocycles. The van der Waals surface area contributed by atoms with Gasteiger partial charge < -0.3 is 9.47 Å². The Morgan fingerprint density at radius 1 is 1.15 bits per heavy atom. The number of allylic oxidation sites excluding steroid dienone is 1. The molecule has 5 rings (SSSR count). The van der Waals surface area contributed by atoms with Gasteiger partial charge in [0.15, 0.2) is 0 Å². The predicted molar refractivity (Wildman–Crippen MR) is 157 cm³/mol. The molecular weight excluding hydrogens is 510 g/mol. The van der Waals surface area contributed by atoms with E-state index in [1.807, 2.05) is 13.0 Å². The fourth-order valence-corrected chi connectivity index (χ4v) is 6.26. The zero-order valence-corrected chi connectivity index (χ0v) is 24.3. The number of hydrogen-bond acceptors (Lipinski definition) is 5. The Morgan fingerprint density at radius 2 is 2.00 bits per heavy atom. The molecule has 2 aromatic carbocycles. The van der Waals surface area contributed by atoms with Gasteiger partial charge in [0, 0.05) is 11.9 Å². The largest absolute Gasteiger partial charge is 0.485 e. The minimum atomic E-state index is -0.0873. The van der Waals surface area contributed by atoms with Crippen LogP contribution in [0.25, 0.3) is 16.5 Å². The summed E-state index contributed by atoms with van der Waals surface area (Å²) in [5, 5.41) is 8.57. The van der Waals surface area contributed by atoms with Crippen molar-refractivity contribution in [3.63, 3.8) is 0 Å². The number of benzene rings is 2. The van der Waals surface area contributed by atoms with Crippen LogP contribution in [0.15, 0.2) is 42.0 Å². The minimum absolute atomic E-state index is 0.0232. The van der Waals surface area contributed by atoms with Gasteiger partial charge in [-0.15, -0.1) is 0 Å². The third-order valence-electron chi connectivity index (χ3n) is 8.29. The summed E-state index contributed by atoms with van der Waals surface area (Å²) in [6.07, 6.45) is 4.85. The number of halogens is 1. The maximum absolute atomic E-state index is 12.2. The maximum Gasteiger partial charge on any atom is 0.308 e. The molecule has 1 saturated heterocycles. The zero-order valence-electron chi connectivity index (χ0n) is 23.6. The molecule has 0 amide bonds. The van der Waals surface area contributed by atoms with E-state index in [9.17, 15) is 4.79 Å². The van der Waals surface area contributed by atoms with Gasteiger partial charge in [-0.3, -0.25) is 14.8 Å². The summed E-state index contributed by atoms with van der Waals surface area (Å²) in [7, 11) is 0. The maximum atomic E-state index is 12.2. The Labute approximate surface area is 236 Å². The van der Waals surface area contributed by atoms with E-state index in [0.29, 0.717) is 11.8 Å². The fourth-order valence-electron chi connectivity index (χ4n) is 6.07. The van der Waals surface area contributed by atoms with Crippen molar-refractivity contribution < 1.29 is 14.3 Å². The van der Waals surface area contributed by atoms with Crippen LogP contribution in [-0.2, 0) is 16.0 Å². The minimum Gasteiger partial charge on any atom is -0.485 e. The van der Waals surface area contributed by atoms with Crippen molar-refractivity contribution >= 4 is 34.0 Å². The highest BCUT2D eigenvalue weighted by Gasteiger charge is 2.26. The second-order valence-electron chi connectivity index (χ2n) is 11.3. The predicted octanol–water partition coefficient (Wildman–Crippen LogP) is 7.38. The van der Waals surface area contributed by atoms with Crippen molar-refractivity contribution in [3.05, 3.63) is 63.8 Å². The Bertz CT molecular complexity index is 1360. The number of H-pyrrole nitrogens is 1. The van der Waals surface area contributed by atoms with Crippen molar-refractivity contribution in [2.24, 2.45) is 11.8 Å². The summed E-state index contributed by atoms with van der Waals surface area (Å²) in [5.74, 6) is 1.21. The van der Waals surface area contributed by atoms with Gasteiger partial charge in [0.1, 0.15) is 17.0 Å². The zero-order chi connectivity index (χ0) is 27.5. The third kappa shape index (κ3) is 6.17. The molecular formula is C32H40ClN3O3. The number of esters is 1. The molecule has 1 aliphatic carbocycles. The van der Waals surface area contributed by atoms with Crippen LogP contribution in [0.2, 0.25) is 5.15 Å². The monoisotopic (exact) mass is 549 g/mol. The Morgan fingerprint density at radius 3 is 2.79 bits per heavy atom. The Kier molecular flexibility index (Phi) is 8.63. The Hall–Kier alpha value is -2.83. The second kappa shape index (κ2) is 12.1. The van der Waals surface area contributed by atoms with E-state index in [0.717, 1.165) is 74.0 Å². The van der Waals surface area contributed by atoms with E-state index in [2.05, 4.69) is 66.2 Å². The van der Waals surface area contributed by atoms with E-state index in [4.69, 9.17) is 21.1 Å². The molecule has 6 nitrogen and oxygen atoms in total. The van der Waals surface area contributed by atoms with Crippen molar-refractivity contribution in [3.8, 4) is 5.75 Å². The lowest BCUT2D eigenvalue weighted by Gasteiger charge is -2.28. The number of nitrogens with one attached hydrogen (secondary N) is 1. The van der Waals surface area contributed by atoms with Crippen LogP contribution < -0.4 is 4.74 Å². The van der Waals surface area contributed by atoms with Crippen LogP contribution in [-0.4, -0.2) is 47.3 Å². The van der Waals surface area contributed by atoms with E-state index < -0.39 is 0 Å². The standard InChI is InChI=1S/C32H40ClN3O3/c1-5-38-32(37)22-7-6-15-36(16-14-22)19-25-9-8-23-17-26(11-12-27(23)21(25)4)39-30(20(2)3)24-10-13-29-28(18-24)31(33)35-34-29/h10-13,17-18,20,22,30H,5-9,14-16,19H2,1-4H3,(H,34,35). The molecule has 0 spiro atoms. The van der Waals surface area contributed by atoms with Gasteiger partial charge in [0.2, 0.25) is 0 Å². The molecule has 1 N–H and O–H groups in total. The van der Waals surface area contributed by atoms with Gasteiger partial charge >= 0.3 is 5.97 Å². The fraction of sp³-hybridized carbons (Fsp3) is 0.500. The lowest BCUT2D eigenvalue weighted by molar-refractivity contribution is -0.148. The van der Waals surface area contributed by atoms with Gasteiger partial charge in [-0.1, -0.05) is 43.2 Å². The molecule has 1 fully saturated rings. The van der Waals surface area contributed by atoms with Gasteiger partial charge in [-0.05, 0) is 111 Å². The summed E-state index contributed by atoms with van der Waals surface area (Å²) >= 11 is 6.31.